The molecular formula is C17H22N4O2S2. The van der Waals surface area contributed by atoms with Gasteiger partial charge in [0.15, 0.2) is 0 Å². The summed E-state index contributed by atoms with van der Waals surface area (Å²) in [5.41, 5.74) is 1.17. The van der Waals surface area contributed by atoms with E-state index in [4.69, 9.17) is 0 Å². The van der Waals surface area contributed by atoms with E-state index in [9.17, 15) is 9.59 Å². The number of hydrogen-bond donors (Lipinski definition) is 3. The van der Waals surface area contributed by atoms with Crippen LogP contribution in [0, 0.1) is 0 Å². The number of hydrogen-bond acceptors (Lipinski definition) is 6. The van der Waals surface area contributed by atoms with Gasteiger partial charge in [0.2, 0.25) is 5.91 Å². The van der Waals surface area contributed by atoms with Crippen LogP contribution in [0.25, 0.3) is 10.2 Å². The van der Waals surface area contributed by atoms with E-state index in [-0.39, 0.29) is 17.5 Å². The van der Waals surface area contributed by atoms with Crippen LogP contribution in [0.1, 0.15) is 35.5 Å². The van der Waals surface area contributed by atoms with Crippen molar-refractivity contribution in [2.45, 2.75) is 43.9 Å². The number of thioether (sulfide) groups is 1. The summed E-state index contributed by atoms with van der Waals surface area (Å²) in [6.07, 6.45) is 5.34. The Labute approximate surface area is 154 Å². The Morgan fingerprint density at radius 1 is 1.36 bits per heavy atom. The number of H-pyrrole nitrogens is 1. The van der Waals surface area contributed by atoms with E-state index in [0.717, 1.165) is 55.4 Å². The van der Waals surface area contributed by atoms with Crippen LogP contribution in [0.4, 0.5) is 0 Å². The molecule has 1 atom stereocenters. The lowest BCUT2D eigenvalue weighted by Gasteiger charge is -2.23. The molecular weight excluding hydrogens is 356 g/mol. The maximum absolute atomic E-state index is 12.4. The van der Waals surface area contributed by atoms with Crippen molar-refractivity contribution in [3.05, 3.63) is 26.6 Å². The molecule has 1 fully saturated rings. The van der Waals surface area contributed by atoms with Crippen LogP contribution >= 0.6 is 23.1 Å². The van der Waals surface area contributed by atoms with Gasteiger partial charge in [0, 0.05) is 17.5 Å². The third kappa shape index (κ3) is 3.75. The summed E-state index contributed by atoms with van der Waals surface area (Å²) in [5, 5.41) is 7.14. The second kappa shape index (κ2) is 7.47. The van der Waals surface area contributed by atoms with E-state index >= 15 is 0 Å². The van der Waals surface area contributed by atoms with E-state index in [1.807, 2.05) is 0 Å². The van der Waals surface area contributed by atoms with Crippen molar-refractivity contribution in [2.24, 2.45) is 0 Å². The zero-order valence-corrected chi connectivity index (χ0v) is 15.7. The normalized spacial score (nSPS) is 19.9. The monoisotopic (exact) mass is 378 g/mol. The van der Waals surface area contributed by atoms with Crippen LogP contribution in [0.5, 0.6) is 0 Å². The fourth-order valence-electron chi connectivity index (χ4n) is 3.60. The number of thiophene rings is 1. The molecule has 1 aliphatic carbocycles. The fourth-order valence-corrected chi connectivity index (χ4v) is 5.58. The molecule has 2 aromatic heterocycles. The predicted octanol–water partition coefficient (Wildman–Crippen LogP) is 1.57. The maximum atomic E-state index is 12.4. The highest BCUT2D eigenvalue weighted by Crippen LogP contribution is 2.34. The van der Waals surface area contributed by atoms with Crippen LogP contribution in [0.3, 0.4) is 0 Å². The molecule has 134 valence electrons. The number of aryl methyl sites for hydroxylation is 2. The first kappa shape index (κ1) is 17.1. The zero-order chi connectivity index (χ0) is 17.2. The van der Waals surface area contributed by atoms with Crippen LogP contribution in [-0.2, 0) is 23.4 Å². The molecule has 4 rings (SSSR count). The average Bonchev–Trinajstić information content (AvgIpc) is 3.16. The highest BCUT2D eigenvalue weighted by atomic mass is 32.2. The van der Waals surface area contributed by atoms with E-state index in [1.54, 1.807) is 11.3 Å². The molecule has 3 heterocycles. The molecule has 3 N–H and O–H groups in total. The largest absolute Gasteiger partial charge is 0.351 e. The fraction of sp³-hybridized carbons (Fsp3) is 0.588. The predicted molar refractivity (Wildman–Crippen MR) is 102 cm³/mol. The van der Waals surface area contributed by atoms with Gasteiger partial charge < -0.3 is 15.6 Å². The Bertz CT molecular complexity index is 839. The van der Waals surface area contributed by atoms with Crippen LogP contribution in [0.15, 0.2) is 4.79 Å². The number of nitrogens with one attached hydrogen (secondary N) is 3. The minimum absolute atomic E-state index is 0.0299. The molecule has 0 aromatic carbocycles. The summed E-state index contributed by atoms with van der Waals surface area (Å²) < 4.78 is 0. The van der Waals surface area contributed by atoms with E-state index in [0.29, 0.717) is 17.3 Å². The quantitative estimate of drug-likeness (QED) is 0.735. The van der Waals surface area contributed by atoms with Gasteiger partial charge in [-0.25, -0.2) is 4.98 Å². The van der Waals surface area contributed by atoms with Gasteiger partial charge in [-0.05, 0) is 44.2 Å². The number of piperidine rings is 1. The van der Waals surface area contributed by atoms with Gasteiger partial charge in [-0.1, -0.05) is 0 Å². The van der Waals surface area contributed by atoms with Crippen molar-refractivity contribution in [3.8, 4) is 0 Å². The molecule has 8 heteroatoms. The first-order chi connectivity index (χ1) is 12.2. The van der Waals surface area contributed by atoms with Gasteiger partial charge in [-0.2, -0.15) is 0 Å². The second-order valence-corrected chi connectivity index (χ2v) is 8.72. The number of nitrogens with zero attached hydrogens (tertiary/aromatic N) is 1. The number of rotatable bonds is 5. The number of carbonyl (C=O) groups excluding carboxylic acids is 1. The number of fused-ring (bicyclic) bond motifs is 3. The van der Waals surface area contributed by atoms with Gasteiger partial charge >= 0.3 is 0 Å². The van der Waals surface area contributed by atoms with Crippen molar-refractivity contribution < 1.29 is 4.79 Å². The number of aromatic amines is 1. The lowest BCUT2D eigenvalue weighted by molar-refractivity contribution is -0.119. The molecule has 0 radical (unpaired) electrons. The Kier molecular flexibility index (Phi) is 5.10. The Morgan fingerprint density at radius 2 is 2.28 bits per heavy atom. The van der Waals surface area contributed by atoms with Gasteiger partial charge in [0.05, 0.1) is 16.9 Å². The third-order valence-electron chi connectivity index (χ3n) is 4.76. The summed E-state index contributed by atoms with van der Waals surface area (Å²) in [6, 6.07) is 0.240. The van der Waals surface area contributed by atoms with E-state index in [2.05, 4.69) is 20.6 Å². The molecule has 2 aromatic rings. The first-order valence-electron chi connectivity index (χ1n) is 8.82. The molecule has 6 nitrogen and oxygen atoms in total. The molecule has 0 unspecified atom stereocenters. The first-order valence-corrected chi connectivity index (χ1v) is 10.8. The number of amides is 1. The molecule has 1 saturated heterocycles. The molecule has 2 aliphatic rings. The van der Waals surface area contributed by atoms with Crippen LogP contribution < -0.4 is 16.2 Å². The summed E-state index contributed by atoms with van der Waals surface area (Å²) in [6.45, 7) is 1.89. The Hall–Kier alpha value is -1.38. The van der Waals surface area contributed by atoms with Gasteiger partial charge in [-0.15, -0.1) is 23.1 Å². The minimum atomic E-state index is -0.0299. The third-order valence-corrected chi connectivity index (χ3v) is 6.89. The highest BCUT2D eigenvalue weighted by Gasteiger charge is 2.21. The standard InChI is InChI=1S/C17H22N4O2S2/c22-14(19-10-3-2-6-18-7-10)9-24-8-13-20-16(23)15-11-4-1-5-12(11)25-17(15)21-13/h10,18H,1-9H2,(H,19,22)(H,20,21,23)/t10-/m0/s1. The SMILES string of the molecule is O=C(CSCc1nc2sc3c(c2c(=O)[nH]1)CCC3)N[C@H]1CCCNC1. The summed E-state index contributed by atoms with van der Waals surface area (Å²) >= 11 is 3.14. The zero-order valence-electron chi connectivity index (χ0n) is 14.0. The van der Waals surface area contributed by atoms with Gasteiger partial charge in [0.1, 0.15) is 10.7 Å². The smallest absolute Gasteiger partial charge is 0.259 e. The average molecular weight is 379 g/mol. The van der Waals surface area contributed by atoms with Gasteiger partial charge in [0.25, 0.3) is 5.56 Å². The Balaban J connectivity index is 1.35. The molecule has 1 aliphatic heterocycles. The van der Waals surface area contributed by atoms with Crippen molar-refractivity contribution >= 4 is 39.2 Å². The molecule has 0 bridgehead atoms. The summed E-state index contributed by atoms with van der Waals surface area (Å²) in [7, 11) is 0. The maximum Gasteiger partial charge on any atom is 0.259 e. The number of aromatic nitrogens is 2. The summed E-state index contributed by atoms with van der Waals surface area (Å²) in [4.78, 5) is 34.1. The highest BCUT2D eigenvalue weighted by molar-refractivity contribution is 7.99. The second-order valence-electron chi connectivity index (χ2n) is 6.65. The van der Waals surface area contributed by atoms with Crippen LogP contribution in [0.2, 0.25) is 0 Å². The molecule has 1 amide bonds. The Morgan fingerprint density at radius 3 is 3.12 bits per heavy atom. The van der Waals surface area contributed by atoms with Crippen molar-refractivity contribution in [1.82, 2.24) is 20.6 Å². The molecule has 25 heavy (non-hydrogen) atoms. The lowest BCUT2D eigenvalue weighted by Crippen LogP contribution is -2.46. The lowest BCUT2D eigenvalue weighted by atomic mass is 10.1. The minimum Gasteiger partial charge on any atom is -0.351 e. The van der Waals surface area contributed by atoms with E-state index < -0.39 is 0 Å². The van der Waals surface area contributed by atoms with E-state index in [1.165, 1.54) is 22.2 Å². The summed E-state index contributed by atoms with van der Waals surface area (Å²) in [5.74, 6) is 1.65. The van der Waals surface area contributed by atoms with Gasteiger partial charge in [-0.3, -0.25) is 9.59 Å². The molecule has 0 saturated carbocycles. The van der Waals surface area contributed by atoms with Crippen molar-refractivity contribution in [2.75, 3.05) is 18.8 Å². The topological polar surface area (TPSA) is 86.9 Å². The van der Waals surface area contributed by atoms with Crippen molar-refractivity contribution in [3.63, 3.8) is 0 Å². The molecule has 0 spiro atoms. The van der Waals surface area contributed by atoms with Crippen LogP contribution in [-0.4, -0.2) is 40.8 Å². The van der Waals surface area contributed by atoms with Crippen molar-refractivity contribution in [1.29, 1.82) is 0 Å². The number of carbonyl (C=O) groups is 1.